The summed E-state index contributed by atoms with van der Waals surface area (Å²) in [7, 11) is 3.29. The van der Waals surface area contributed by atoms with Crippen LogP contribution in [0.1, 0.15) is 10.5 Å². The van der Waals surface area contributed by atoms with Gasteiger partial charge < -0.3 is 10.6 Å². The predicted molar refractivity (Wildman–Crippen MR) is 62.1 cm³/mol. The highest BCUT2D eigenvalue weighted by atomic mass is 16.1. The molecule has 7 nitrogen and oxygen atoms in total. The van der Waals surface area contributed by atoms with E-state index in [4.69, 9.17) is 0 Å². The van der Waals surface area contributed by atoms with E-state index in [1.54, 1.807) is 38.6 Å². The van der Waals surface area contributed by atoms with Gasteiger partial charge in [0.2, 0.25) is 5.95 Å². The number of anilines is 1. The van der Waals surface area contributed by atoms with Gasteiger partial charge in [0.1, 0.15) is 0 Å². The Bertz CT molecular complexity index is 535. The topological polar surface area (TPSA) is 84.7 Å². The average molecular weight is 232 g/mol. The molecule has 88 valence electrons. The minimum Gasteiger partial charge on any atom is -0.357 e. The first-order chi connectivity index (χ1) is 8.24. The monoisotopic (exact) mass is 232 g/mol. The molecule has 2 N–H and O–H groups in total. The summed E-state index contributed by atoms with van der Waals surface area (Å²) in [6, 6.07) is 3.33. The Labute approximate surface area is 97.9 Å². The van der Waals surface area contributed by atoms with E-state index in [1.807, 2.05) is 0 Å². The van der Waals surface area contributed by atoms with E-state index < -0.39 is 0 Å². The number of amides is 1. The zero-order chi connectivity index (χ0) is 12.3. The zero-order valence-electron chi connectivity index (χ0n) is 9.51. The van der Waals surface area contributed by atoms with Gasteiger partial charge in [-0.2, -0.15) is 10.1 Å². The first-order valence-electron chi connectivity index (χ1n) is 5.03. The molecular weight excluding hydrogens is 220 g/mol. The molecule has 0 aliphatic carbocycles. The van der Waals surface area contributed by atoms with Crippen LogP contribution in [-0.4, -0.2) is 39.8 Å². The summed E-state index contributed by atoms with van der Waals surface area (Å²) >= 11 is 0. The quantitative estimate of drug-likeness (QED) is 0.782. The van der Waals surface area contributed by atoms with E-state index in [2.05, 4.69) is 25.7 Å². The highest BCUT2D eigenvalue weighted by Gasteiger charge is 2.08. The largest absolute Gasteiger partial charge is 0.357 e. The van der Waals surface area contributed by atoms with Crippen LogP contribution in [0.2, 0.25) is 0 Å². The van der Waals surface area contributed by atoms with Gasteiger partial charge in [0.05, 0.1) is 0 Å². The summed E-state index contributed by atoms with van der Waals surface area (Å²) in [6.45, 7) is 0. The van der Waals surface area contributed by atoms with Crippen molar-refractivity contribution in [2.24, 2.45) is 0 Å². The van der Waals surface area contributed by atoms with E-state index in [0.29, 0.717) is 17.5 Å². The van der Waals surface area contributed by atoms with Crippen molar-refractivity contribution >= 4 is 11.9 Å². The lowest BCUT2D eigenvalue weighted by molar-refractivity contribution is 0.0957. The smallest absolute Gasteiger partial charge is 0.271 e. The number of carbonyl (C=O) groups excluding carboxylic acids is 1. The molecule has 0 radical (unpaired) electrons. The van der Waals surface area contributed by atoms with E-state index in [1.165, 1.54) is 4.68 Å². The first-order valence-corrected chi connectivity index (χ1v) is 5.03. The van der Waals surface area contributed by atoms with Gasteiger partial charge in [-0.05, 0) is 6.07 Å². The molecule has 2 aromatic heterocycles. The first kappa shape index (κ1) is 11.1. The van der Waals surface area contributed by atoms with Gasteiger partial charge in [-0.1, -0.05) is 0 Å². The highest BCUT2D eigenvalue weighted by molar-refractivity contribution is 5.91. The van der Waals surface area contributed by atoms with Gasteiger partial charge in [-0.3, -0.25) is 4.79 Å². The third-order valence-electron chi connectivity index (χ3n) is 2.15. The molecule has 0 aromatic carbocycles. The standard InChI is InChI=1S/C10H12N6O/c1-11-9(17)7-4-6-16(15-7)8-3-5-13-10(12-2)14-8/h3-6H,1-2H3,(H,11,17)(H,12,13,14). The third kappa shape index (κ3) is 2.22. The van der Waals surface area contributed by atoms with Crippen molar-refractivity contribution in [3.8, 4) is 5.82 Å². The molecule has 17 heavy (non-hydrogen) atoms. The SMILES string of the molecule is CNC(=O)c1ccn(-c2ccnc(NC)n2)n1. The van der Waals surface area contributed by atoms with Crippen LogP contribution in [0, 0.1) is 0 Å². The summed E-state index contributed by atoms with van der Waals surface area (Å²) in [4.78, 5) is 19.6. The Morgan fingerprint density at radius 3 is 2.88 bits per heavy atom. The third-order valence-corrected chi connectivity index (χ3v) is 2.15. The van der Waals surface area contributed by atoms with Crippen molar-refractivity contribution in [2.75, 3.05) is 19.4 Å². The summed E-state index contributed by atoms with van der Waals surface area (Å²) in [5.41, 5.74) is 0.345. The predicted octanol–water partition coefficient (Wildman–Crippen LogP) is 0.0636. The molecule has 0 saturated heterocycles. The number of hydrogen-bond acceptors (Lipinski definition) is 5. The van der Waals surface area contributed by atoms with Crippen molar-refractivity contribution in [2.45, 2.75) is 0 Å². The van der Waals surface area contributed by atoms with Crippen molar-refractivity contribution in [3.05, 3.63) is 30.2 Å². The lowest BCUT2D eigenvalue weighted by Crippen LogP contribution is -2.18. The summed E-state index contributed by atoms with van der Waals surface area (Å²) in [5.74, 6) is 0.866. The lowest BCUT2D eigenvalue weighted by Gasteiger charge is -2.02. The number of nitrogens with zero attached hydrogens (tertiary/aromatic N) is 4. The molecule has 0 unspecified atom stereocenters. The second-order valence-electron chi connectivity index (χ2n) is 3.21. The van der Waals surface area contributed by atoms with Gasteiger partial charge in [-0.15, -0.1) is 0 Å². The lowest BCUT2D eigenvalue weighted by atomic mass is 10.4. The van der Waals surface area contributed by atoms with E-state index in [0.717, 1.165) is 0 Å². The van der Waals surface area contributed by atoms with E-state index in [9.17, 15) is 4.79 Å². The maximum atomic E-state index is 11.3. The zero-order valence-corrected chi connectivity index (χ0v) is 9.51. The minimum absolute atomic E-state index is 0.230. The minimum atomic E-state index is -0.230. The van der Waals surface area contributed by atoms with Crippen LogP contribution in [0.3, 0.4) is 0 Å². The van der Waals surface area contributed by atoms with Crippen LogP contribution in [0.25, 0.3) is 5.82 Å². The second kappa shape index (κ2) is 4.60. The molecular formula is C10H12N6O. The van der Waals surface area contributed by atoms with Crippen LogP contribution in [0.4, 0.5) is 5.95 Å². The summed E-state index contributed by atoms with van der Waals surface area (Å²) in [6.07, 6.45) is 3.29. The van der Waals surface area contributed by atoms with Crippen molar-refractivity contribution in [1.82, 2.24) is 25.1 Å². The van der Waals surface area contributed by atoms with Crippen molar-refractivity contribution < 1.29 is 4.79 Å². The van der Waals surface area contributed by atoms with Gasteiger partial charge in [0, 0.05) is 32.6 Å². The Balaban J connectivity index is 2.33. The van der Waals surface area contributed by atoms with Gasteiger partial charge in [0.15, 0.2) is 11.5 Å². The van der Waals surface area contributed by atoms with Crippen LogP contribution >= 0.6 is 0 Å². The van der Waals surface area contributed by atoms with Crippen LogP contribution in [0.15, 0.2) is 24.5 Å². The molecule has 0 saturated carbocycles. The number of rotatable bonds is 3. The Kier molecular flexibility index (Phi) is 2.99. The maximum Gasteiger partial charge on any atom is 0.271 e. The molecule has 0 atom stereocenters. The fourth-order valence-corrected chi connectivity index (χ4v) is 1.30. The Hall–Kier alpha value is -2.44. The van der Waals surface area contributed by atoms with Crippen LogP contribution < -0.4 is 10.6 Å². The molecule has 1 amide bonds. The maximum absolute atomic E-state index is 11.3. The van der Waals surface area contributed by atoms with Gasteiger partial charge >= 0.3 is 0 Å². The fourth-order valence-electron chi connectivity index (χ4n) is 1.30. The summed E-state index contributed by atoms with van der Waals surface area (Å²) < 4.78 is 1.52. The number of aromatic nitrogens is 4. The molecule has 0 fully saturated rings. The summed E-state index contributed by atoms with van der Waals surface area (Å²) in [5, 5.41) is 9.46. The number of hydrogen-bond donors (Lipinski definition) is 2. The second-order valence-corrected chi connectivity index (χ2v) is 3.21. The molecule has 0 spiro atoms. The molecule has 2 rings (SSSR count). The number of nitrogens with one attached hydrogen (secondary N) is 2. The number of carbonyl (C=O) groups is 1. The fraction of sp³-hybridized carbons (Fsp3) is 0.200. The highest BCUT2D eigenvalue weighted by Crippen LogP contribution is 2.06. The van der Waals surface area contributed by atoms with Crippen molar-refractivity contribution in [1.29, 1.82) is 0 Å². The van der Waals surface area contributed by atoms with Crippen LogP contribution in [0.5, 0.6) is 0 Å². The normalized spacial score (nSPS) is 10.0. The van der Waals surface area contributed by atoms with Gasteiger partial charge in [-0.25, -0.2) is 9.67 Å². The van der Waals surface area contributed by atoms with E-state index in [-0.39, 0.29) is 5.91 Å². The van der Waals surface area contributed by atoms with E-state index >= 15 is 0 Å². The Morgan fingerprint density at radius 1 is 1.35 bits per heavy atom. The van der Waals surface area contributed by atoms with Crippen LogP contribution in [-0.2, 0) is 0 Å². The van der Waals surface area contributed by atoms with Crippen molar-refractivity contribution in [3.63, 3.8) is 0 Å². The molecule has 0 aliphatic heterocycles. The molecule has 0 aliphatic rings. The molecule has 7 heteroatoms. The average Bonchev–Trinajstić information content (AvgIpc) is 2.87. The molecule has 2 aromatic rings. The van der Waals surface area contributed by atoms with Gasteiger partial charge in [0.25, 0.3) is 5.91 Å². The molecule has 0 bridgehead atoms. The Morgan fingerprint density at radius 2 is 2.18 bits per heavy atom. The molecule has 2 heterocycles.